The molecule has 6 rings (SSSR count). The minimum atomic E-state index is -0.974. The number of para-hydroxylation sites is 1. The number of carbonyl (C=O) groups excluding carboxylic acids is 1. The third-order valence-corrected chi connectivity index (χ3v) is 7.14. The van der Waals surface area contributed by atoms with Gasteiger partial charge in [-0.2, -0.15) is 14.9 Å². The molecule has 2 fully saturated rings. The first kappa shape index (κ1) is 24.2. The number of hydrogen-bond donors (Lipinski definition) is 2. The predicted molar refractivity (Wildman–Crippen MR) is 137 cm³/mol. The van der Waals surface area contributed by atoms with Crippen LogP contribution < -0.4 is 21.5 Å². The number of fused-ring (bicyclic) bond motifs is 1. The zero-order chi connectivity index (χ0) is 26.6. The first-order valence-electron chi connectivity index (χ1n) is 12.3. The third kappa shape index (κ3) is 4.02. The van der Waals surface area contributed by atoms with E-state index in [2.05, 4.69) is 27.3 Å². The van der Waals surface area contributed by atoms with E-state index in [-0.39, 0.29) is 23.7 Å². The summed E-state index contributed by atoms with van der Waals surface area (Å²) >= 11 is 0. The number of aromatic nitrogens is 4. The topological polar surface area (TPSA) is 120 Å². The van der Waals surface area contributed by atoms with Crippen molar-refractivity contribution in [2.45, 2.75) is 19.0 Å². The quantitative estimate of drug-likeness (QED) is 0.414. The summed E-state index contributed by atoms with van der Waals surface area (Å²) in [6.45, 7) is 4.53. The van der Waals surface area contributed by atoms with E-state index < -0.39 is 28.8 Å². The Morgan fingerprint density at radius 1 is 1.08 bits per heavy atom. The van der Waals surface area contributed by atoms with Crippen molar-refractivity contribution < 1.29 is 18.3 Å². The van der Waals surface area contributed by atoms with E-state index in [1.54, 1.807) is 12.3 Å². The molecule has 4 heterocycles. The lowest BCUT2D eigenvalue weighted by Gasteiger charge is -2.27. The Morgan fingerprint density at radius 2 is 1.84 bits per heavy atom. The maximum absolute atomic E-state index is 14.3. The predicted octanol–water partition coefficient (Wildman–Crippen LogP) is 2.47. The smallest absolute Gasteiger partial charge is 0.276 e. The number of nitrogens with one attached hydrogen (secondary N) is 1. The Balaban J connectivity index is 1.39. The van der Waals surface area contributed by atoms with E-state index in [1.165, 1.54) is 12.1 Å². The summed E-state index contributed by atoms with van der Waals surface area (Å²) in [5.41, 5.74) is 6.88. The number of rotatable bonds is 5. The summed E-state index contributed by atoms with van der Waals surface area (Å²) in [6.07, 6.45) is 1.77. The van der Waals surface area contributed by atoms with Gasteiger partial charge in [-0.05, 0) is 36.2 Å². The van der Waals surface area contributed by atoms with Crippen LogP contribution in [0.4, 0.5) is 20.2 Å². The van der Waals surface area contributed by atoms with Gasteiger partial charge in [0.2, 0.25) is 0 Å². The average molecular weight is 522 g/mol. The zero-order valence-corrected chi connectivity index (χ0v) is 20.5. The van der Waals surface area contributed by atoms with Gasteiger partial charge in [-0.1, -0.05) is 13.0 Å². The normalized spacial score (nSPS) is 19.6. The summed E-state index contributed by atoms with van der Waals surface area (Å²) in [7, 11) is 0. The van der Waals surface area contributed by atoms with Crippen molar-refractivity contribution in [2.75, 3.05) is 36.5 Å². The minimum absolute atomic E-state index is 0.0372. The molecule has 0 radical (unpaired) electrons. The van der Waals surface area contributed by atoms with Crippen molar-refractivity contribution in [1.29, 1.82) is 0 Å². The van der Waals surface area contributed by atoms with Gasteiger partial charge >= 0.3 is 0 Å². The molecule has 2 saturated heterocycles. The maximum Gasteiger partial charge on any atom is 0.276 e. The van der Waals surface area contributed by atoms with Gasteiger partial charge in [0.15, 0.2) is 11.6 Å². The number of amides is 1. The highest BCUT2D eigenvalue weighted by Crippen LogP contribution is 2.39. The largest absolute Gasteiger partial charge is 0.377 e. The van der Waals surface area contributed by atoms with Crippen LogP contribution in [0.25, 0.3) is 16.6 Å². The minimum Gasteiger partial charge on any atom is -0.377 e. The number of carbonyl (C=O) groups is 1. The zero-order valence-electron chi connectivity index (χ0n) is 20.5. The second-order valence-corrected chi connectivity index (χ2v) is 9.71. The SMILES string of the molecule is C[C@@H]1CN(c2c(NC(=O)c3ccc(=O)n(-c4c(F)cccc4F)n3)ccc3c2cnn3C2COC2)C[C@@H]1N. The van der Waals surface area contributed by atoms with Crippen molar-refractivity contribution in [1.82, 2.24) is 19.6 Å². The molecule has 0 unspecified atom stereocenters. The fourth-order valence-corrected chi connectivity index (χ4v) is 4.95. The molecule has 2 aromatic heterocycles. The molecular formula is C26H25F2N7O3. The number of halogens is 2. The number of nitrogens with zero attached hydrogens (tertiary/aromatic N) is 5. The molecular weight excluding hydrogens is 496 g/mol. The van der Waals surface area contributed by atoms with E-state index in [9.17, 15) is 18.4 Å². The summed E-state index contributed by atoms with van der Waals surface area (Å²) in [5, 5.41) is 12.3. The van der Waals surface area contributed by atoms with Crippen LogP contribution in [-0.2, 0) is 4.74 Å². The third-order valence-electron chi connectivity index (χ3n) is 7.14. The lowest BCUT2D eigenvalue weighted by Crippen LogP contribution is -2.31. The molecule has 12 heteroatoms. The van der Waals surface area contributed by atoms with E-state index in [1.807, 2.05) is 10.7 Å². The van der Waals surface area contributed by atoms with Crippen molar-refractivity contribution in [3.63, 3.8) is 0 Å². The van der Waals surface area contributed by atoms with Crippen molar-refractivity contribution in [3.8, 4) is 5.69 Å². The molecule has 2 aliphatic heterocycles. The van der Waals surface area contributed by atoms with Gasteiger partial charge in [-0.25, -0.2) is 8.78 Å². The summed E-state index contributed by atoms with van der Waals surface area (Å²) < 4.78 is 36.5. The molecule has 3 N–H and O–H groups in total. The van der Waals surface area contributed by atoms with Crippen LogP contribution >= 0.6 is 0 Å². The molecule has 2 aliphatic rings. The van der Waals surface area contributed by atoms with E-state index >= 15 is 0 Å². The van der Waals surface area contributed by atoms with Crippen LogP contribution in [0.1, 0.15) is 23.5 Å². The molecule has 2 aromatic carbocycles. The molecule has 2 atom stereocenters. The monoisotopic (exact) mass is 521 g/mol. The molecule has 196 valence electrons. The molecule has 0 bridgehead atoms. The van der Waals surface area contributed by atoms with Crippen LogP contribution in [0.2, 0.25) is 0 Å². The van der Waals surface area contributed by atoms with Crippen LogP contribution in [0.15, 0.2) is 53.5 Å². The standard InChI is InChI=1S/C26H25F2N7O3/c1-14-10-33(11-19(14)29)24-16-9-30-34(15-12-38-13-15)22(16)7-5-20(24)31-26(37)21-6-8-23(36)35(32-21)25-17(27)3-2-4-18(25)28/h2-9,14-15,19H,10-13,29H2,1H3,(H,31,37)/t14-,19+/m1/s1. The lowest BCUT2D eigenvalue weighted by molar-refractivity contribution is -0.0266. The highest BCUT2D eigenvalue weighted by Gasteiger charge is 2.31. The molecule has 1 amide bonds. The second kappa shape index (κ2) is 9.30. The summed E-state index contributed by atoms with van der Waals surface area (Å²) in [4.78, 5) is 27.8. The van der Waals surface area contributed by atoms with Crippen molar-refractivity contribution >= 4 is 28.2 Å². The average Bonchev–Trinajstić information content (AvgIpc) is 3.41. The fourth-order valence-electron chi connectivity index (χ4n) is 4.95. The summed E-state index contributed by atoms with van der Waals surface area (Å²) in [6, 6.07) is 9.23. The Kier molecular flexibility index (Phi) is 5.92. The van der Waals surface area contributed by atoms with Crippen molar-refractivity contribution in [2.24, 2.45) is 11.7 Å². The number of anilines is 2. The van der Waals surface area contributed by atoms with Crippen LogP contribution in [0, 0.1) is 17.6 Å². The highest BCUT2D eigenvalue weighted by molar-refractivity contribution is 6.09. The Labute approximate surface area is 215 Å². The number of benzene rings is 2. The Bertz CT molecular complexity index is 1580. The summed E-state index contributed by atoms with van der Waals surface area (Å²) in [5.74, 6) is -2.35. The maximum atomic E-state index is 14.3. The number of nitrogens with two attached hydrogens (primary N) is 1. The van der Waals surface area contributed by atoms with E-state index in [0.29, 0.717) is 36.7 Å². The van der Waals surface area contributed by atoms with Gasteiger partial charge in [0.1, 0.15) is 11.4 Å². The van der Waals surface area contributed by atoms with Gasteiger partial charge < -0.3 is 20.7 Å². The molecule has 0 aliphatic carbocycles. The van der Waals surface area contributed by atoms with E-state index in [0.717, 1.165) is 34.8 Å². The molecule has 0 spiro atoms. The molecule has 10 nitrogen and oxygen atoms in total. The fraction of sp³-hybridized carbons (Fsp3) is 0.308. The number of ether oxygens (including phenoxy) is 1. The van der Waals surface area contributed by atoms with E-state index in [4.69, 9.17) is 10.5 Å². The van der Waals surface area contributed by atoms with Gasteiger partial charge in [-0.15, -0.1) is 0 Å². The molecule has 38 heavy (non-hydrogen) atoms. The van der Waals surface area contributed by atoms with Gasteiger partial charge in [-0.3, -0.25) is 14.3 Å². The van der Waals surface area contributed by atoms with Gasteiger partial charge in [0.05, 0.1) is 42.3 Å². The van der Waals surface area contributed by atoms with Gasteiger partial charge in [0.25, 0.3) is 11.5 Å². The first-order chi connectivity index (χ1) is 18.3. The first-order valence-corrected chi connectivity index (χ1v) is 12.3. The lowest BCUT2D eigenvalue weighted by atomic mass is 10.1. The molecule has 0 saturated carbocycles. The van der Waals surface area contributed by atoms with Gasteiger partial charge in [0, 0.05) is 30.6 Å². The molecule has 4 aromatic rings. The van der Waals surface area contributed by atoms with Crippen LogP contribution in [0.3, 0.4) is 0 Å². The second-order valence-electron chi connectivity index (χ2n) is 9.71. The van der Waals surface area contributed by atoms with Crippen LogP contribution in [-0.4, -0.2) is 57.8 Å². The van der Waals surface area contributed by atoms with Crippen LogP contribution in [0.5, 0.6) is 0 Å². The highest BCUT2D eigenvalue weighted by atomic mass is 19.1. The van der Waals surface area contributed by atoms with Crippen molar-refractivity contribution in [3.05, 3.63) is 76.3 Å². The Hall–Kier alpha value is -4.16. The Morgan fingerprint density at radius 3 is 2.50 bits per heavy atom. The number of hydrogen-bond acceptors (Lipinski definition) is 7.